The SMILES string of the molecule is CC(C)(C)OC(=O)N1CC2=C(CNC2)C1.Cl. The molecule has 2 aliphatic heterocycles. The lowest BCUT2D eigenvalue weighted by atomic mass is 10.2. The minimum absolute atomic E-state index is 0. The van der Waals surface area contributed by atoms with Gasteiger partial charge in [-0.3, -0.25) is 0 Å². The van der Waals surface area contributed by atoms with E-state index in [9.17, 15) is 4.79 Å². The van der Waals surface area contributed by atoms with Gasteiger partial charge in [-0.1, -0.05) is 0 Å². The molecule has 0 bridgehead atoms. The minimum atomic E-state index is -0.400. The van der Waals surface area contributed by atoms with E-state index in [0.29, 0.717) is 0 Å². The molecule has 0 aromatic carbocycles. The molecule has 0 radical (unpaired) electrons. The third-order valence-electron chi connectivity index (χ3n) is 2.59. The van der Waals surface area contributed by atoms with Gasteiger partial charge in [0.1, 0.15) is 5.60 Å². The van der Waals surface area contributed by atoms with Crippen LogP contribution in [-0.4, -0.2) is 42.8 Å². The van der Waals surface area contributed by atoms with Crippen LogP contribution in [-0.2, 0) is 4.74 Å². The fraction of sp³-hybridized carbons (Fsp3) is 0.727. The summed E-state index contributed by atoms with van der Waals surface area (Å²) in [6, 6.07) is 0. The molecule has 0 spiro atoms. The number of hydrogen-bond donors (Lipinski definition) is 1. The first-order chi connectivity index (χ1) is 6.96. The van der Waals surface area contributed by atoms with Crippen molar-refractivity contribution in [2.24, 2.45) is 0 Å². The number of nitrogens with zero attached hydrogens (tertiary/aromatic N) is 1. The standard InChI is InChI=1S/C11H18N2O2.ClH/c1-11(2,3)15-10(14)13-6-8-4-12-5-9(8)7-13;/h12H,4-7H2,1-3H3;1H. The maximum atomic E-state index is 11.7. The highest BCUT2D eigenvalue weighted by atomic mass is 35.5. The van der Waals surface area contributed by atoms with E-state index in [1.54, 1.807) is 4.90 Å². The molecule has 2 rings (SSSR count). The second-order valence-corrected chi connectivity index (χ2v) is 5.15. The molecule has 1 amide bonds. The van der Waals surface area contributed by atoms with Crippen LogP contribution in [0, 0.1) is 0 Å². The van der Waals surface area contributed by atoms with Crippen LogP contribution in [0.1, 0.15) is 20.8 Å². The summed E-state index contributed by atoms with van der Waals surface area (Å²) in [5.74, 6) is 0. The van der Waals surface area contributed by atoms with E-state index in [1.165, 1.54) is 11.1 Å². The molecular formula is C11H19ClN2O2. The fourth-order valence-corrected chi connectivity index (χ4v) is 1.92. The summed E-state index contributed by atoms with van der Waals surface area (Å²) >= 11 is 0. The molecule has 16 heavy (non-hydrogen) atoms. The van der Waals surface area contributed by atoms with Gasteiger partial charge in [-0.2, -0.15) is 0 Å². The zero-order valence-electron chi connectivity index (χ0n) is 10.0. The number of carbonyl (C=O) groups excluding carboxylic acids is 1. The molecule has 0 aromatic heterocycles. The maximum Gasteiger partial charge on any atom is 0.410 e. The van der Waals surface area contributed by atoms with E-state index in [2.05, 4.69) is 5.32 Å². The van der Waals surface area contributed by atoms with Gasteiger partial charge in [-0.25, -0.2) is 4.79 Å². The van der Waals surface area contributed by atoms with Crippen molar-refractivity contribution in [1.82, 2.24) is 10.2 Å². The number of amides is 1. The smallest absolute Gasteiger partial charge is 0.410 e. The summed E-state index contributed by atoms with van der Waals surface area (Å²) in [5, 5.41) is 3.28. The third kappa shape index (κ3) is 2.89. The Bertz CT molecular complexity index is 304. The average molecular weight is 247 g/mol. The Morgan fingerprint density at radius 3 is 2.19 bits per heavy atom. The van der Waals surface area contributed by atoms with Crippen LogP contribution < -0.4 is 5.32 Å². The first kappa shape index (κ1) is 13.3. The molecule has 0 saturated heterocycles. The summed E-state index contributed by atoms with van der Waals surface area (Å²) in [5.41, 5.74) is 2.32. The normalized spacial score (nSPS) is 19.6. The number of halogens is 1. The van der Waals surface area contributed by atoms with E-state index in [0.717, 1.165) is 26.2 Å². The highest BCUT2D eigenvalue weighted by Crippen LogP contribution is 2.22. The molecule has 0 aromatic rings. The Labute approximate surface area is 102 Å². The molecule has 0 unspecified atom stereocenters. The van der Waals surface area contributed by atoms with Crippen molar-refractivity contribution < 1.29 is 9.53 Å². The second kappa shape index (κ2) is 4.63. The van der Waals surface area contributed by atoms with Gasteiger partial charge in [0.05, 0.1) is 0 Å². The topological polar surface area (TPSA) is 41.6 Å². The highest BCUT2D eigenvalue weighted by molar-refractivity contribution is 5.85. The Kier molecular flexibility index (Phi) is 3.86. The average Bonchev–Trinajstić information content (AvgIpc) is 2.56. The van der Waals surface area contributed by atoms with Crippen LogP contribution in [0.3, 0.4) is 0 Å². The van der Waals surface area contributed by atoms with Gasteiger partial charge in [-0.05, 0) is 31.9 Å². The largest absolute Gasteiger partial charge is 0.444 e. The molecule has 2 heterocycles. The van der Waals surface area contributed by atoms with Gasteiger partial charge in [0.15, 0.2) is 0 Å². The van der Waals surface area contributed by atoms with Crippen molar-refractivity contribution >= 4 is 18.5 Å². The molecular weight excluding hydrogens is 228 g/mol. The van der Waals surface area contributed by atoms with E-state index in [4.69, 9.17) is 4.74 Å². The molecule has 0 saturated carbocycles. The zero-order valence-corrected chi connectivity index (χ0v) is 10.8. The lowest BCUT2D eigenvalue weighted by Gasteiger charge is -2.25. The van der Waals surface area contributed by atoms with Gasteiger partial charge >= 0.3 is 6.09 Å². The molecule has 5 heteroatoms. The molecule has 92 valence electrons. The summed E-state index contributed by atoms with van der Waals surface area (Å²) in [7, 11) is 0. The number of nitrogens with one attached hydrogen (secondary N) is 1. The molecule has 0 aliphatic carbocycles. The van der Waals surface area contributed by atoms with E-state index in [1.807, 2.05) is 20.8 Å². The van der Waals surface area contributed by atoms with Crippen molar-refractivity contribution in [2.45, 2.75) is 26.4 Å². The predicted molar refractivity (Wildman–Crippen MR) is 65.0 cm³/mol. The number of ether oxygens (including phenoxy) is 1. The lowest BCUT2D eigenvalue weighted by Crippen LogP contribution is -2.37. The first-order valence-corrected chi connectivity index (χ1v) is 5.34. The molecule has 4 nitrogen and oxygen atoms in total. The van der Waals surface area contributed by atoms with Gasteiger partial charge in [0.25, 0.3) is 0 Å². The Hall–Kier alpha value is -0.740. The maximum absolute atomic E-state index is 11.7. The minimum Gasteiger partial charge on any atom is -0.444 e. The van der Waals surface area contributed by atoms with Gasteiger partial charge < -0.3 is 15.0 Å². The van der Waals surface area contributed by atoms with E-state index < -0.39 is 5.60 Å². The monoisotopic (exact) mass is 246 g/mol. The van der Waals surface area contributed by atoms with Gasteiger partial charge in [0.2, 0.25) is 0 Å². The van der Waals surface area contributed by atoms with Crippen LogP contribution >= 0.6 is 12.4 Å². The lowest BCUT2D eigenvalue weighted by molar-refractivity contribution is 0.0297. The Balaban J connectivity index is 0.00000128. The van der Waals surface area contributed by atoms with Crippen LogP contribution in [0.25, 0.3) is 0 Å². The van der Waals surface area contributed by atoms with Crippen LogP contribution in [0.15, 0.2) is 11.1 Å². The number of rotatable bonds is 0. The molecule has 0 atom stereocenters. The number of hydrogen-bond acceptors (Lipinski definition) is 3. The summed E-state index contributed by atoms with van der Waals surface area (Å²) in [4.78, 5) is 13.5. The van der Waals surface area contributed by atoms with Crippen LogP contribution in [0.5, 0.6) is 0 Å². The summed E-state index contributed by atoms with van der Waals surface area (Å²) < 4.78 is 5.33. The molecule has 0 fully saturated rings. The Morgan fingerprint density at radius 1 is 1.25 bits per heavy atom. The molecule has 1 N–H and O–H groups in total. The second-order valence-electron chi connectivity index (χ2n) is 5.15. The van der Waals surface area contributed by atoms with Crippen molar-refractivity contribution in [2.75, 3.05) is 26.2 Å². The Morgan fingerprint density at radius 2 is 1.75 bits per heavy atom. The van der Waals surface area contributed by atoms with Crippen molar-refractivity contribution in [3.05, 3.63) is 11.1 Å². The summed E-state index contributed by atoms with van der Waals surface area (Å²) in [6.45, 7) is 8.99. The first-order valence-electron chi connectivity index (χ1n) is 5.34. The van der Waals surface area contributed by atoms with Crippen molar-refractivity contribution in [1.29, 1.82) is 0 Å². The highest BCUT2D eigenvalue weighted by Gasteiger charge is 2.30. The quantitative estimate of drug-likeness (QED) is 0.660. The van der Waals surface area contributed by atoms with Crippen LogP contribution in [0.2, 0.25) is 0 Å². The van der Waals surface area contributed by atoms with Gasteiger partial charge in [-0.15, -0.1) is 12.4 Å². The van der Waals surface area contributed by atoms with Crippen molar-refractivity contribution in [3.63, 3.8) is 0 Å². The molecule has 2 aliphatic rings. The fourth-order valence-electron chi connectivity index (χ4n) is 1.92. The zero-order chi connectivity index (χ0) is 11.1. The predicted octanol–water partition coefficient (Wildman–Crippen LogP) is 1.56. The van der Waals surface area contributed by atoms with Crippen molar-refractivity contribution in [3.8, 4) is 0 Å². The van der Waals surface area contributed by atoms with E-state index >= 15 is 0 Å². The number of carbonyl (C=O) groups is 1. The summed E-state index contributed by atoms with van der Waals surface area (Å²) in [6.07, 6.45) is -0.197. The van der Waals surface area contributed by atoms with E-state index in [-0.39, 0.29) is 18.5 Å². The third-order valence-corrected chi connectivity index (χ3v) is 2.59. The van der Waals surface area contributed by atoms with Gasteiger partial charge in [0, 0.05) is 26.2 Å². The van der Waals surface area contributed by atoms with Crippen LogP contribution in [0.4, 0.5) is 4.79 Å².